The molecule has 0 radical (unpaired) electrons. The van der Waals surface area contributed by atoms with E-state index >= 15 is 8.78 Å². The van der Waals surface area contributed by atoms with Gasteiger partial charge in [-0.2, -0.15) is 15.1 Å². The minimum atomic E-state index is -0.903. The lowest BCUT2D eigenvalue weighted by Crippen LogP contribution is -2.51. The topological polar surface area (TPSA) is 82.2 Å². The first kappa shape index (κ1) is 26.5. The van der Waals surface area contributed by atoms with Gasteiger partial charge in [0.15, 0.2) is 5.82 Å². The van der Waals surface area contributed by atoms with Crippen molar-refractivity contribution in [3.8, 4) is 17.1 Å². The van der Waals surface area contributed by atoms with Crippen LogP contribution in [0, 0.1) is 18.6 Å². The number of aromatic amines is 1. The summed E-state index contributed by atoms with van der Waals surface area (Å²) in [5.74, 6) is -1.15. The average Bonchev–Trinajstić information content (AvgIpc) is 3.73. The Balaban J connectivity index is 1.28. The number of piperazine rings is 1. The van der Waals surface area contributed by atoms with Gasteiger partial charge in [0, 0.05) is 54.5 Å². The van der Waals surface area contributed by atoms with Crippen molar-refractivity contribution < 1.29 is 17.9 Å². The number of H-pyrrole nitrogens is 1. The molecule has 4 fully saturated rings. The Hall–Kier alpha value is -3.15. The van der Waals surface area contributed by atoms with E-state index in [0.717, 1.165) is 32.2 Å². The first-order valence-corrected chi connectivity index (χ1v) is 15.0. The van der Waals surface area contributed by atoms with Crippen molar-refractivity contribution in [3.63, 3.8) is 0 Å². The van der Waals surface area contributed by atoms with E-state index in [1.165, 1.54) is 12.3 Å². The van der Waals surface area contributed by atoms with E-state index in [4.69, 9.17) is 21.3 Å². The number of halogens is 4. The number of nitrogens with zero attached hydrogens (tertiary/aromatic N) is 5. The summed E-state index contributed by atoms with van der Waals surface area (Å²) >= 11 is 6.68. The number of alkyl halides is 1. The maximum Gasteiger partial charge on any atom is 0.319 e. The van der Waals surface area contributed by atoms with E-state index in [0.29, 0.717) is 48.3 Å². The van der Waals surface area contributed by atoms with E-state index in [2.05, 4.69) is 30.3 Å². The third-order valence-corrected chi connectivity index (χ3v) is 10.2. The molecule has 0 spiro atoms. The van der Waals surface area contributed by atoms with Crippen LogP contribution in [-0.4, -0.2) is 81.6 Å². The Morgan fingerprint density at radius 1 is 1.10 bits per heavy atom. The molecule has 4 aliphatic rings. The normalized spacial score (nSPS) is 27.5. The minimum absolute atomic E-state index is 0.00664. The number of fused-ring (bicyclic) bond motifs is 5. The second-order valence-electron chi connectivity index (χ2n) is 12.4. The van der Waals surface area contributed by atoms with Crippen molar-refractivity contribution in [2.75, 3.05) is 37.7 Å². The highest BCUT2D eigenvalue weighted by Gasteiger charge is 2.49. The molecule has 8 nitrogen and oxygen atoms in total. The predicted octanol–water partition coefficient (Wildman–Crippen LogP) is 5.31. The fourth-order valence-corrected chi connectivity index (χ4v) is 8.01. The van der Waals surface area contributed by atoms with Gasteiger partial charge in [-0.15, -0.1) is 0 Å². The van der Waals surface area contributed by atoms with Gasteiger partial charge in [0.1, 0.15) is 29.9 Å². The maximum atomic E-state index is 16.7. The number of benzene rings is 2. The number of hydrogen-bond donors (Lipinski definition) is 2. The van der Waals surface area contributed by atoms with Gasteiger partial charge in [-0.05, 0) is 56.8 Å². The van der Waals surface area contributed by atoms with Gasteiger partial charge >= 0.3 is 6.01 Å². The minimum Gasteiger partial charge on any atom is -0.461 e. The smallest absolute Gasteiger partial charge is 0.319 e. The van der Waals surface area contributed by atoms with Crippen molar-refractivity contribution in [2.45, 2.75) is 62.8 Å². The molecule has 4 aromatic rings. The lowest BCUT2D eigenvalue weighted by molar-refractivity contribution is 0.107. The molecule has 2 bridgehead atoms. The molecule has 6 heterocycles. The summed E-state index contributed by atoms with van der Waals surface area (Å²) in [7, 11) is 0. The van der Waals surface area contributed by atoms with Crippen LogP contribution in [0.15, 0.2) is 18.3 Å². The van der Waals surface area contributed by atoms with Crippen LogP contribution in [0.3, 0.4) is 0 Å². The maximum absolute atomic E-state index is 16.7. The zero-order valence-corrected chi connectivity index (χ0v) is 23.9. The molecule has 12 heteroatoms. The quantitative estimate of drug-likeness (QED) is 0.323. The first-order chi connectivity index (χ1) is 20.3. The number of nitrogens with one attached hydrogen (secondary N) is 2. The highest BCUT2D eigenvalue weighted by atomic mass is 35.5. The molecule has 8 rings (SSSR count). The molecule has 0 saturated carbocycles. The second kappa shape index (κ2) is 9.68. The largest absolute Gasteiger partial charge is 0.461 e. The van der Waals surface area contributed by atoms with Crippen LogP contribution in [0.2, 0.25) is 5.02 Å². The fourth-order valence-electron chi connectivity index (χ4n) is 7.76. The number of anilines is 1. The first-order valence-electron chi connectivity index (χ1n) is 14.6. The van der Waals surface area contributed by atoms with Gasteiger partial charge in [0.25, 0.3) is 0 Å². The van der Waals surface area contributed by atoms with Crippen LogP contribution in [-0.2, 0) is 0 Å². The van der Waals surface area contributed by atoms with Crippen LogP contribution >= 0.6 is 11.6 Å². The SMILES string of the molecule is Cc1cc2[nH]ncc2c(-c2c(F)cc3c(N4C[C@H]5CC[C@@H](C4)N5)nc(OC[C@@]45CCCN4C[C@H](F)C5)nc3c2F)c1Cl. The van der Waals surface area contributed by atoms with Crippen LogP contribution in [0.5, 0.6) is 6.01 Å². The molecular formula is C30H31ClF3N7O. The summed E-state index contributed by atoms with van der Waals surface area (Å²) in [5.41, 5.74) is 0.783. The van der Waals surface area contributed by atoms with E-state index in [-0.39, 0.29) is 51.8 Å². The summed E-state index contributed by atoms with van der Waals surface area (Å²) < 4.78 is 53.4. The Bertz CT molecular complexity index is 1720. The highest BCUT2D eigenvalue weighted by molar-refractivity contribution is 6.36. The summed E-state index contributed by atoms with van der Waals surface area (Å²) in [6.45, 7) is 4.54. The van der Waals surface area contributed by atoms with Gasteiger partial charge in [0.05, 0.1) is 27.8 Å². The molecule has 4 saturated heterocycles. The Labute approximate surface area is 245 Å². The monoisotopic (exact) mass is 597 g/mol. The Kier molecular flexibility index (Phi) is 6.10. The van der Waals surface area contributed by atoms with E-state index in [9.17, 15) is 4.39 Å². The predicted molar refractivity (Wildman–Crippen MR) is 155 cm³/mol. The van der Waals surface area contributed by atoms with Crippen molar-refractivity contribution in [1.82, 2.24) is 30.4 Å². The molecule has 2 aromatic heterocycles. The molecule has 2 aromatic carbocycles. The lowest BCUT2D eigenvalue weighted by atomic mass is 9.95. The van der Waals surface area contributed by atoms with Gasteiger partial charge in [-0.25, -0.2) is 13.2 Å². The summed E-state index contributed by atoms with van der Waals surface area (Å²) in [6, 6.07) is 3.67. The molecule has 220 valence electrons. The molecule has 42 heavy (non-hydrogen) atoms. The molecule has 4 atom stereocenters. The van der Waals surface area contributed by atoms with Gasteiger partial charge < -0.3 is 15.0 Å². The van der Waals surface area contributed by atoms with E-state index < -0.39 is 23.3 Å². The van der Waals surface area contributed by atoms with Crippen LogP contribution in [0.4, 0.5) is 19.0 Å². The van der Waals surface area contributed by atoms with Gasteiger partial charge in [0.2, 0.25) is 0 Å². The number of hydrogen-bond acceptors (Lipinski definition) is 7. The summed E-state index contributed by atoms with van der Waals surface area (Å²) in [6.07, 6.45) is 4.88. The number of rotatable bonds is 5. The number of ether oxygens (including phenoxy) is 1. The van der Waals surface area contributed by atoms with Crippen molar-refractivity contribution in [3.05, 3.63) is 40.6 Å². The molecule has 0 amide bonds. The third kappa shape index (κ3) is 4.07. The average molecular weight is 598 g/mol. The zero-order valence-electron chi connectivity index (χ0n) is 23.2. The van der Waals surface area contributed by atoms with Gasteiger partial charge in [-0.3, -0.25) is 10.00 Å². The third-order valence-electron chi connectivity index (χ3n) is 9.70. The summed E-state index contributed by atoms with van der Waals surface area (Å²) in [5, 5.41) is 11.6. The molecule has 0 aliphatic carbocycles. The highest BCUT2D eigenvalue weighted by Crippen LogP contribution is 2.44. The number of aryl methyl sites for hydroxylation is 1. The van der Waals surface area contributed by atoms with Crippen molar-refractivity contribution >= 4 is 39.2 Å². The summed E-state index contributed by atoms with van der Waals surface area (Å²) in [4.78, 5) is 13.5. The van der Waals surface area contributed by atoms with Crippen molar-refractivity contribution in [2.24, 2.45) is 0 Å². The van der Waals surface area contributed by atoms with Gasteiger partial charge in [-0.1, -0.05) is 11.6 Å². The van der Waals surface area contributed by atoms with E-state index in [1.807, 2.05) is 0 Å². The molecule has 4 aliphatic heterocycles. The zero-order chi connectivity index (χ0) is 28.7. The molecule has 0 unspecified atom stereocenters. The molecular weight excluding hydrogens is 567 g/mol. The van der Waals surface area contributed by atoms with Crippen LogP contribution in [0.1, 0.15) is 37.7 Å². The van der Waals surface area contributed by atoms with Crippen molar-refractivity contribution in [1.29, 1.82) is 0 Å². The fraction of sp³-hybridized carbons (Fsp3) is 0.500. The van der Waals surface area contributed by atoms with Crippen LogP contribution in [0.25, 0.3) is 32.9 Å². The Morgan fingerprint density at radius 2 is 1.90 bits per heavy atom. The standard InChI is InChI=1S/C30H31ClF3N7O/c1-15-7-22-20(10-35-39-22)23(25(15)31)24-21(33)8-19-27(26(24)34)37-29(38-28(19)40-12-17-3-4-18(13-40)36-17)42-14-30-5-2-6-41(30)11-16(32)9-30/h7-8,10,16-18,36H,2-6,9,11-14H2,1H3,(H,35,39)/t16-,17-,18+,30+/m1/s1. The number of aromatic nitrogens is 4. The van der Waals surface area contributed by atoms with E-state index in [1.54, 1.807) is 13.0 Å². The second-order valence-corrected chi connectivity index (χ2v) is 12.8. The Morgan fingerprint density at radius 3 is 2.71 bits per heavy atom. The lowest BCUT2D eigenvalue weighted by Gasteiger charge is -2.34. The van der Waals surface area contributed by atoms with Crippen LogP contribution < -0.4 is 15.0 Å². The molecule has 2 N–H and O–H groups in total.